The van der Waals surface area contributed by atoms with Crippen LogP contribution in [0.3, 0.4) is 0 Å². The Morgan fingerprint density at radius 2 is 2.03 bits per heavy atom. The molecule has 1 aromatic carbocycles. The third-order valence-corrected chi connectivity index (χ3v) is 5.51. The first-order chi connectivity index (χ1) is 14.8. The molecule has 0 aliphatic carbocycles. The number of aromatic nitrogens is 1. The molecule has 1 saturated heterocycles. The quantitative estimate of drug-likeness (QED) is 0.382. The molecule has 1 N–H and O–H groups in total. The normalized spacial score (nSPS) is 18.1. The number of likely N-dealkylation sites (tertiary alicyclic amines) is 1. The summed E-state index contributed by atoms with van der Waals surface area (Å²) >= 11 is 12.3. The minimum Gasteiger partial charge on any atom is -0.507 e. The van der Waals surface area contributed by atoms with Gasteiger partial charge in [0.2, 0.25) is 0 Å². The molecule has 164 valence electrons. The fourth-order valence-corrected chi connectivity index (χ4v) is 4.21. The highest BCUT2D eigenvalue weighted by atomic mass is 35.5. The highest BCUT2D eigenvalue weighted by Crippen LogP contribution is 2.43. The molecular formula is C22H23Cl2N3O4. The van der Waals surface area contributed by atoms with E-state index < -0.39 is 23.5 Å². The molecule has 2 heterocycles. The SMILES string of the molecule is COc1c(Cl)cc(Cl)cc1/C(O)=C1\C(=O)C(=O)N(CCCN(C)C)C1c1cccnc1. The van der Waals surface area contributed by atoms with Gasteiger partial charge in [-0.3, -0.25) is 14.6 Å². The number of rotatable bonds is 7. The number of methoxy groups -OCH3 is 1. The smallest absolute Gasteiger partial charge is 0.295 e. The fourth-order valence-electron chi connectivity index (χ4n) is 3.64. The number of nitrogens with zero attached hydrogens (tertiary/aromatic N) is 3. The average Bonchev–Trinajstić information content (AvgIpc) is 2.98. The molecule has 0 bridgehead atoms. The Bertz CT molecular complexity index is 1020. The number of Topliss-reactive ketones (excluding diaryl/α,β-unsaturated/α-hetero) is 1. The number of ketones is 1. The minimum atomic E-state index is -0.793. The Morgan fingerprint density at radius 3 is 2.65 bits per heavy atom. The van der Waals surface area contributed by atoms with E-state index in [1.165, 1.54) is 24.1 Å². The highest BCUT2D eigenvalue weighted by Gasteiger charge is 2.46. The van der Waals surface area contributed by atoms with Crippen LogP contribution in [0.25, 0.3) is 5.76 Å². The van der Waals surface area contributed by atoms with Crippen molar-refractivity contribution in [1.82, 2.24) is 14.8 Å². The van der Waals surface area contributed by atoms with Crippen LogP contribution in [0, 0.1) is 0 Å². The number of hydrogen-bond donors (Lipinski definition) is 1. The minimum absolute atomic E-state index is 0.0560. The zero-order valence-electron chi connectivity index (χ0n) is 17.4. The Balaban J connectivity index is 2.17. The summed E-state index contributed by atoms with van der Waals surface area (Å²) in [7, 11) is 5.26. The molecule has 0 radical (unpaired) electrons. The molecular weight excluding hydrogens is 441 g/mol. The van der Waals surface area contributed by atoms with Crippen LogP contribution < -0.4 is 4.74 Å². The van der Waals surface area contributed by atoms with Gasteiger partial charge in [0.05, 0.1) is 29.3 Å². The van der Waals surface area contributed by atoms with Gasteiger partial charge in [0, 0.05) is 24.0 Å². The Hall–Kier alpha value is -2.61. The van der Waals surface area contributed by atoms with Crippen molar-refractivity contribution in [3.63, 3.8) is 0 Å². The number of hydrogen-bond acceptors (Lipinski definition) is 6. The van der Waals surface area contributed by atoms with Crippen molar-refractivity contribution in [3.05, 3.63) is 63.4 Å². The van der Waals surface area contributed by atoms with Gasteiger partial charge < -0.3 is 19.6 Å². The first-order valence-corrected chi connectivity index (χ1v) is 10.4. The number of carbonyl (C=O) groups is 2. The summed E-state index contributed by atoms with van der Waals surface area (Å²) in [4.78, 5) is 33.5. The zero-order chi connectivity index (χ0) is 22.7. The summed E-state index contributed by atoms with van der Waals surface area (Å²) in [6, 6.07) is 5.60. The third kappa shape index (κ3) is 4.69. The summed E-state index contributed by atoms with van der Waals surface area (Å²) in [5.41, 5.74) is 0.694. The molecule has 9 heteroatoms. The van der Waals surface area contributed by atoms with Crippen LogP contribution in [0.5, 0.6) is 5.75 Å². The van der Waals surface area contributed by atoms with Gasteiger partial charge >= 0.3 is 0 Å². The van der Waals surface area contributed by atoms with Crippen molar-refractivity contribution in [2.45, 2.75) is 12.5 Å². The summed E-state index contributed by atoms with van der Waals surface area (Å²) in [5.74, 6) is -1.70. The fraction of sp³-hybridized carbons (Fsp3) is 0.318. The van der Waals surface area contributed by atoms with Crippen LogP contribution in [0.1, 0.15) is 23.6 Å². The summed E-state index contributed by atoms with van der Waals surface area (Å²) < 4.78 is 5.32. The molecule has 0 saturated carbocycles. The monoisotopic (exact) mass is 463 g/mol. The van der Waals surface area contributed by atoms with Gasteiger partial charge in [-0.2, -0.15) is 0 Å². The zero-order valence-corrected chi connectivity index (χ0v) is 18.9. The topological polar surface area (TPSA) is 83.0 Å². The first-order valence-electron chi connectivity index (χ1n) is 9.62. The predicted molar refractivity (Wildman–Crippen MR) is 119 cm³/mol. The third-order valence-electron chi connectivity index (χ3n) is 5.01. The number of halogens is 2. The summed E-state index contributed by atoms with van der Waals surface area (Å²) in [6.07, 6.45) is 3.83. The number of benzene rings is 1. The van der Waals surface area contributed by atoms with Crippen molar-refractivity contribution in [1.29, 1.82) is 0 Å². The van der Waals surface area contributed by atoms with Crippen LogP contribution in [0.4, 0.5) is 0 Å². The van der Waals surface area contributed by atoms with Crippen molar-refractivity contribution in [2.24, 2.45) is 0 Å². The molecule has 7 nitrogen and oxygen atoms in total. The molecule has 1 aromatic heterocycles. The lowest BCUT2D eigenvalue weighted by molar-refractivity contribution is -0.139. The van der Waals surface area contributed by atoms with Gasteiger partial charge in [-0.1, -0.05) is 29.3 Å². The standard InChI is InChI=1S/C22H23Cl2N3O4/c1-26(2)8-5-9-27-18(13-6-4-7-25-12-13)17(20(29)22(27)30)19(28)15-10-14(23)11-16(24)21(15)31-3/h4,6-7,10-12,18,28H,5,8-9H2,1-3H3/b19-17+. The lowest BCUT2D eigenvalue weighted by Crippen LogP contribution is -2.32. The second-order valence-corrected chi connectivity index (χ2v) is 8.25. The maximum atomic E-state index is 13.0. The van der Waals surface area contributed by atoms with E-state index in [-0.39, 0.29) is 26.9 Å². The van der Waals surface area contributed by atoms with Crippen LogP contribution in [-0.2, 0) is 9.59 Å². The van der Waals surface area contributed by atoms with E-state index in [0.29, 0.717) is 18.5 Å². The summed E-state index contributed by atoms with van der Waals surface area (Å²) in [6.45, 7) is 1.08. The van der Waals surface area contributed by atoms with E-state index in [4.69, 9.17) is 27.9 Å². The largest absolute Gasteiger partial charge is 0.507 e. The number of aliphatic hydroxyl groups excluding tert-OH is 1. The molecule has 1 aliphatic heterocycles. The van der Waals surface area contributed by atoms with E-state index in [0.717, 1.165) is 6.54 Å². The second kappa shape index (κ2) is 9.68. The van der Waals surface area contributed by atoms with Crippen molar-refractivity contribution >= 4 is 40.7 Å². The van der Waals surface area contributed by atoms with Gasteiger partial charge in [0.15, 0.2) is 0 Å². The summed E-state index contributed by atoms with van der Waals surface area (Å²) in [5, 5.41) is 11.6. The number of aliphatic hydroxyl groups is 1. The Kier molecular flexibility index (Phi) is 7.20. The molecule has 2 aromatic rings. The number of amides is 1. The molecule has 1 unspecified atom stereocenters. The molecule has 31 heavy (non-hydrogen) atoms. The lowest BCUT2D eigenvalue weighted by Gasteiger charge is -2.25. The van der Waals surface area contributed by atoms with Crippen molar-refractivity contribution in [2.75, 3.05) is 34.3 Å². The Labute approximate surface area is 190 Å². The van der Waals surface area contributed by atoms with Gasteiger partial charge in [-0.15, -0.1) is 0 Å². The van der Waals surface area contributed by atoms with Gasteiger partial charge in [0.25, 0.3) is 11.7 Å². The van der Waals surface area contributed by atoms with E-state index in [1.54, 1.807) is 24.5 Å². The maximum Gasteiger partial charge on any atom is 0.295 e. The second-order valence-electron chi connectivity index (χ2n) is 7.40. The van der Waals surface area contributed by atoms with Crippen LogP contribution in [0.15, 0.2) is 42.2 Å². The predicted octanol–water partition coefficient (Wildman–Crippen LogP) is 3.77. The maximum absolute atomic E-state index is 13.0. The van der Waals surface area contributed by atoms with E-state index in [2.05, 4.69) is 4.98 Å². The number of ether oxygens (including phenoxy) is 1. The molecule has 1 atom stereocenters. The molecule has 1 fully saturated rings. The van der Waals surface area contributed by atoms with Crippen LogP contribution >= 0.6 is 23.2 Å². The number of pyridine rings is 1. The number of carbonyl (C=O) groups excluding carboxylic acids is 2. The molecule has 1 aliphatic rings. The van der Waals surface area contributed by atoms with Crippen molar-refractivity contribution < 1.29 is 19.4 Å². The van der Waals surface area contributed by atoms with Gasteiger partial charge in [0.1, 0.15) is 11.5 Å². The van der Waals surface area contributed by atoms with Crippen molar-refractivity contribution in [3.8, 4) is 5.75 Å². The molecule has 3 rings (SSSR count). The van der Waals surface area contributed by atoms with Crippen LogP contribution in [0.2, 0.25) is 10.0 Å². The molecule has 0 spiro atoms. The van der Waals surface area contributed by atoms with Gasteiger partial charge in [-0.05, 0) is 50.8 Å². The van der Waals surface area contributed by atoms with Crippen LogP contribution in [-0.4, -0.2) is 65.9 Å². The van der Waals surface area contributed by atoms with Gasteiger partial charge in [-0.25, -0.2) is 0 Å². The van der Waals surface area contributed by atoms with E-state index >= 15 is 0 Å². The lowest BCUT2D eigenvalue weighted by atomic mass is 9.96. The van der Waals surface area contributed by atoms with E-state index in [1.807, 2.05) is 19.0 Å². The molecule has 1 amide bonds. The first kappa shape index (κ1) is 23.1. The average molecular weight is 464 g/mol. The Morgan fingerprint density at radius 1 is 1.29 bits per heavy atom. The van der Waals surface area contributed by atoms with E-state index in [9.17, 15) is 14.7 Å². The highest BCUT2D eigenvalue weighted by molar-refractivity contribution is 6.46.